The van der Waals surface area contributed by atoms with Gasteiger partial charge in [-0.2, -0.15) is 0 Å². The van der Waals surface area contributed by atoms with Crippen LogP contribution in [0.15, 0.2) is 18.2 Å². The second-order valence-electron chi connectivity index (χ2n) is 13.7. The quantitative estimate of drug-likeness (QED) is 0.0910. The molecule has 2 aliphatic carbocycles. The lowest BCUT2D eigenvalue weighted by molar-refractivity contribution is -0.253. The molecule has 7 N–H and O–H groups in total. The van der Waals surface area contributed by atoms with Gasteiger partial charge in [-0.1, -0.05) is 64.0 Å². The molecule has 7 atom stereocenters. The number of ketones is 2. The Hall–Kier alpha value is -3.10. The third-order valence-electron chi connectivity index (χ3n) is 10.4. The number of fused-ring (bicyclic) bond motifs is 3. The van der Waals surface area contributed by atoms with Gasteiger partial charge in [0.15, 0.2) is 12.1 Å². The van der Waals surface area contributed by atoms with Crippen LogP contribution >= 0.6 is 0 Å². The highest BCUT2D eigenvalue weighted by atomic mass is 16.7. The monoisotopic (exact) mass is 685 g/mol. The molecule has 0 unspecified atom stereocenters. The zero-order chi connectivity index (χ0) is 35.5. The summed E-state index contributed by atoms with van der Waals surface area (Å²) in [6.07, 6.45) is 3.42. The third kappa shape index (κ3) is 7.37. The van der Waals surface area contributed by atoms with Gasteiger partial charge in [0.25, 0.3) is 0 Å². The summed E-state index contributed by atoms with van der Waals surface area (Å²) in [5.74, 6) is -2.57. The van der Waals surface area contributed by atoms with Crippen LogP contribution in [-0.4, -0.2) is 98.7 Å². The minimum Gasteiger partial charge on any atom is -0.507 e. The van der Waals surface area contributed by atoms with Gasteiger partial charge in [0.05, 0.1) is 54.3 Å². The van der Waals surface area contributed by atoms with Crippen LogP contribution in [0.1, 0.15) is 127 Å². The Balaban J connectivity index is 1.41. The van der Waals surface area contributed by atoms with Crippen molar-refractivity contribution in [2.75, 3.05) is 20.3 Å². The number of benzene rings is 2. The Morgan fingerprint density at radius 2 is 1.67 bits per heavy atom. The highest BCUT2D eigenvalue weighted by molar-refractivity contribution is 6.31. The molecule has 1 heterocycles. The van der Waals surface area contributed by atoms with E-state index in [0.717, 1.165) is 19.3 Å². The van der Waals surface area contributed by atoms with Crippen molar-refractivity contribution in [3.8, 4) is 17.2 Å². The van der Waals surface area contributed by atoms with Gasteiger partial charge in [-0.15, -0.1) is 0 Å². The molecule has 0 saturated carbocycles. The van der Waals surface area contributed by atoms with Crippen LogP contribution in [-0.2, 0) is 15.9 Å². The Bertz CT molecular complexity index is 1510. The zero-order valence-electron chi connectivity index (χ0n) is 28.6. The number of hydrogen-bond acceptors (Lipinski definition) is 12. The highest BCUT2D eigenvalue weighted by Crippen LogP contribution is 2.53. The minimum absolute atomic E-state index is 0.0190. The number of nitrogens with one attached hydrogen (secondary N) is 1. The normalized spacial score (nSPS) is 27.0. The largest absolute Gasteiger partial charge is 0.507 e. The highest BCUT2D eigenvalue weighted by Gasteiger charge is 2.50. The van der Waals surface area contributed by atoms with Crippen LogP contribution in [0.25, 0.3) is 0 Å². The molecule has 0 radical (unpaired) electrons. The van der Waals surface area contributed by atoms with Gasteiger partial charge in [-0.3, -0.25) is 9.59 Å². The number of ether oxygens (including phenoxy) is 3. The van der Waals surface area contributed by atoms with E-state index in [-0.39, 0.29) is 40.8 Å². The number of carbonyl (C=O) groups excluding carboxylic acids is 2. The van der Waals surface area contributed by atoms with Gasteiger partial charge in [0.1, 0.15) is 23.4 Å². The molecule has 12 nitrogen and oxygen atoms in total. The van der Waals surface area contributed by atoms with Gasteiger partial charge in [0.2, 0.25) is 5.78 Å². The minimum atomic E-state index is -2.04. The van der Waals surface area contributed by atoms with Crippen molar-refractivity contribution >= 4 is 11.6 Å². The van der Waals surface area contributed by atoms with E-state index in [2.05, 4.69) is 12.2 Å². The van der Waals surface area contributed by atoms with E-state index in [1.165, 1.54) is 57.4 Å². The lowest BCUT2D eigenvalue weighted by Crippen LogP contribution is -2.55. The van der Waals surface area contributed by atoms with Gasteiger partial charge in [-0.25, -0.2) is 0 Å². The van der Waals surface area contributed by atoms with E-state index in [1.54, 1.807) is 6.92 Å². The van der Waals surface area contributed by atoms with Crippen molar-refractivity contribution in [3.63, 3.8) is 0 Å². The average Bonchev–Trinajstić information content (AvgIpc) is 3.08. The van der Waals surface area contributed by atoms with Gasteiger partial charge >= 0.3 is 0 Å². The second kappa shape index (κ2) is 15.8. The number of aliphatic hydroxyl groups is 4. The van der Waals surface area contributed by atoms with Gasteiger partial charge < -0.3 is 50.2 Å². The molecule has 2 aromatic rings. The van der Waals surface area contributed by atoms with Crippen molar-refractivity contribution in [1.82, 2.24) is 5.32 Å². The van der Waals surface area contributed by atoms with Gasteiger partial charge in [-0.05, 0) is 26.0 Å². The molecule has 49 heavy (non-hydrogen) atoms. The summed E-state index contributed by atoms with van der Waals surface area (Å²) < 4.78 is 17.7. The predicted octanol–water partition coefficient (Wildman–Crippen LogP) is 3.56. The van der Waals surface area contributed by atoms with E-state index < -0.39 is 89.6 Å². The maximum absolute atomic E-state index is 13.9. The number of hydrogen-bond donors (Lipinski definition) is 7. The Morgan fingerprint density at radius 3 is 2.35 bits per heavy atom. The molecule has 2 aromatic carbocycles. The number of aromatic hydroxyl groups is 2. The molecular formula is C37H51NO11. The first-order chi connectivity index (χ1) is 23.5. The van der Waals surface area contributed by atoms with Crippen LogP contribution in [0, 0.1) is 0 Å². The van der Waals surface area contributed by atoms with E-state index in [9.17, 15) is 40.2 Å². The van der Waals surface area contributed by atoms with E-state index in [0.29, 0.717) is 6.54 Å². The molecule has 3 aliphatic rings. The summed E-state index contributed by atoms with van der Waals surface area (Å²) in [6.45, 7) is 3.79. The lowest BCUT2D eigenvalue weighted by Gasteiger charge is -2.44. The second-order valence-corrected chi connectivity index (χ2v) is 13.7. The summed E-state index contributed by atoms with van der Waals surface area (Å²) in [5, 5.41) is 69.8. The molecule has 0 spiro atoms. The maximum atomic E-state index is 13.9. The predicted molar refractivity (Wildman–Crippen MR) is 179 cm³/mol. The molecule has 1 aliphatic heterocycles. The fourth-order valence-electron chi connectivity index (χ4n) is 7.56. The van der Waals surface area contributed by atoms with Crippen LogP contribution in [0.2, 0.25) is 0 Å². The summed E-state index contributed by atoms with van der Waals surface area (Å²) in [4.78, 5) is 27.6. The first-order valence-electron chi connectivity index (χ1n) is 17.6. The summed E-state index contributed by atoms with van der Waals surface area (Å²) in [7, 11) is 1.35. The number of phenols is 2. The van der Waals surface area contributed by atoms with Crippen molar-refractivity contribution in [2.24, 2.45) is 0 Å². The molecule has 0 aromatic heterocycles. The molecule has 1 saturated heterocycles. The lowest BCUT2D eigenvalue weighted by atomic mass is 9.71. The SMILES string of the molecule is CCCCCCCCCCN[C@@H]1C[C@H](O[C@@H]2C[C@](O)([C@H](O)CO)Cc3c(O)c4c(c(O)c32)C(=O)c2c(OC)cccc2C4=O)O[C@H](C)[C@@H]1O. The number of aliphatic hydroxyl groups excluding tert-OH is 3. The van der Waals surface area contributed by atoms with Gasteiger partial charge in [0, 0.05) is 42.0 Å². The first-order valence-corrected chi connectivity index (χ1v) is 17.6. The Kier molecular flexibility index (Phi) is 12.0. The molecular weight excluding hydrogens is 634 g/mol. The fourth-order valence-corrected chi connectivity index (χ4v) is 7.56. The standard InChI is InChI=1S/C37H51NO11/c1-4-5-6-7-8-9-10-11-15-38-23-16-27(48-20(2)32(23)41)49-25-18-37(46,26(40)19-39)17-22-29(25)36(45)31-30(34(22)43)33(42)21-13-12-14-24(47-3)28(21)35(31)44/h12-14,20,23,25-27,32,38-41,43,45-46H,4-11,15-19H2,1-3H3/t20-,23-,25-,26-,27+,32+,37+/m1/s1. The van der Waals surface area contributed by atoms with Crippen LogP contribution in [0.5, 0.6) is 17.2 Å². The Labute approximate surface area is 287 Å². The molecule has 1 fully saturated rings. The fraction of sp³-hybridized carbons (Fsp3) is 0.622. The molecule has 12 heteroatoms. The molecule has 0 bridgehead atoms. The van der Waals surface area contributed by atoms with Crippen LogP contribution in [0.3, 0.4) is 0 Å². The van der Waals surface area contributed by atoms with E-state index >= 15 is 0 Å². The number of phenolic OH excluding ortho intramolecular Hbond substituents is 2. The smallest absolute Gasteiger partial charge is 0.202 e. The number of carbonyl (C=O) groups is 2. The van der Waals surface area contributed by atoms with E-state index in [4.69, 9.17) is 14.2 Å². The Morgan fingerprint density at radius 1 is 1.00 bits per heavy atom. The topological polar surface area (TPSA) is 195 Å². The number of methoxy groups -OCH3 is 1. The summed E-state index contributed by atoms with van der Waals surface area (Å²) in [5.41, 5.74) is -3.09. The van der Waals surface area contributed by atoms with Crippen LogP contribution < -0.4 is 10.1 Å². The summed E-state index contributed by atoms with van der Waals surface area (Å²) in [6, 6.07) is 4.08. The maximum Gasteiger partial charge on any atom is 0.202 e. The molecule has 270 valence electrons. The van der Waals surface area contributed by atoms with E-state index in [1.807, 2.05) is 0 Å². The van der Waals surface area contributed by atoms with Crippen molar-refractivity contribution in [2.45, 2.75) is 127 Å². The number of rotatable bonds is 15. The van der Waals surface area contributed by atoms with Crippen molar-refractivity contribution < 1.29 is 54.4 Å². The third-order valence-corrected chi connectivity index (χ3v) is 10.4. The van der Waals surface area contributed by atoms with Crippen molar-refractivity contribution in [1.29, 1.82) is 0 Å². The summed E-state index contributed by atoms with van der Waals surface area (Å²) >= 11 is 0. The number of unbranched alkanes of at least 4 members (excludes halogenated alkanes) is 7. The first kappa shape index (κ1) is 37.2. The molecule has 5 rings (SSSR count). The van der Waals surface area contributed by atoms with Crippen molar-refractivity contribution in [3.05, 3.63) is 51.6 Å². The zero-order valence-corrected chi connectivity index (χ0v) is 28.6. The average molecular weight is 686 g/mol. The molecule has 0 amide bonds. The van der Waals surface area contributed by atoms with Crippen LogP contribution in [0.4, 0.5) is 0 Å².